The minimum atomic E-state index is -0.429. The first-order chi connectivity index (χ1) is 7.22. The number of rotatable bonds is 4. The maximum atomic E-state index is 12.7. The maximum Gasteiger partial charge on any atom is 0.331 e. The fraction of sp³-hybridized carbons (Fsp3) is 0.182. The van der Waals surface area contributed by atoms with Crippen LogP contribution >= 0.6 is 0 Å². The number of ether oxygens (including phenoxy) is 1. The molecule has 1 N–H and O–H groups in total. The number of nitrogens with one attached hydrogen (secondary N) is 1. The molecule has 0 aromatic heterocycles. The molecule has 80 valence electrons. The third kappa shape index (κ3) is 4.26. The molecule has 0 radical (unpaired) electrons. The van der Waals surface area contributed by atoms with Crippen LogP contribution in [0.3, 0.4) is 0 Å². The first kappa shape index (κ1) is 11.2. The zero-order valence-electron chi connectivity index (χ0n) is 8.37. The van der Waals surface area contributed by atoms with Crippen molar-refractivity contribution in [1.29, 1.82) is 0 Å². The second-order valence-electron chi connectivity index (χ2n) is 2.87. The van der Waals surface area contributed by atoms with Crippen molar-refractivity contribution >= 4 is 5.97 Å². The molecule has 0 aliphatic rings. The van der Waals surface area contributed by atoms with Crippen LogP contribution < -0.4 is 5.32 Å². The number of benzene rings is 1. The Bertz CT molecular complexity index is 363. The van der Waals surface area contributed by atoms with E-state index in [9.17, 15) is 9.18 Å². The molecule has 0 heterocycles. The summed E-state index contributed by atoms with van der Waals surface area (Å²) in [6.07, 6.45) is 2.73. The SMILES string of the molecule is COC(=O)/C=C/NCc1cccc(F)c1. The molecule has 0 aliphatic heterocycles. The highest BCUT2D eigenvalue weighted by Crippen LogP contribution is 2.02. The van der Waals surface area contributed by atoms with E-state index in [2.05, 4.69) is 10.1 Å². The van der Waals surface area contributed by atoms with Crippen LogP contribution in [0.4, 0.5) is 4.39 Å². The molecule has 0 atom stereocenters. The van der Waals surface area contributed by atoms with Crippen LogP contribution in [0.15, 0.2) is 36.5 Å². The first-order valence-corrected chi connectivity index (χ1v) is 4.44. The Morgan fingerprint density at radius 3 is 3.07 bits per heavy atom. The highest BCUT2D eigenvalue weighted by atomic mass is 19.1. The zero-order valence-corrected chi connectivity index (χ0v) is 8.37. The number of carbonyl (C=O) groups is 1. The van der Waals surface area contributed by atoms with Gasteiger partial charge in [0.15, 0.2) is 0 Å². The van der Waals surface area contributed by atoms with Gasteiger partial charge in [-0.1, -0.05) is 12.1 Å². The summed E-state index contributed by atoms with van der Waals surface area (Å²) in [5.74, 6) is -0.701. The Balaban J connectivity index is 2.38. The number of methoxy groups -OCH3 is 1. The Morgan fingerprint density at radius 1 is 1.60 bits per heavy atom. The number of esters is 1. The summed E-state index contributed by atoms with van der Waals surface area (Å²) in [5.41, 5.74) is 0.810. The smallest absolute Gasteiger partial charge is 0.331 e. The van der Waals surface area contributed by atoms with Crippen molar-refractivity contribution in [3.8, 4) is 0 Å². The molecule has 3 nitrogen and oxygen atoms in total. The predicted molar refractivity (Wildman–Crippen MR) is 54.4 cm³/mol. The molecule has 1 aromatic rings. The van der Waals surface area contributed by atoms with E-state index in [1.807, 2.05) is 0 Å². The van der Waals surface area contributed by atoms with Gasteiger partial charge >= 0.3 is 5.97 Å². The average Bonchev–Trinajstić information content (AvgIpc) is 2.24. The number of carbonyl (C=O) groups excluding carboxylic acids is 1. The summed E-state index contributed by atoms with van der Waals surface area (Å²) in [6, 6.07) is 6.24. The van der Waals surface area contributed by atoms with Crippen molar-refractivity contribution in [1.82, 2.24) is 5.32 Å². The van der Waals surface area contributed by atoms with Gasteiger partial charge in [0.25, 0.3) is 0 Å². The van der Waals surface area contributed by atoms with E-state index in [1.165, 1.54) is 31.5 Å². The molecular weight excluding hydrogens is 197 g/mol. The van der Waals surface area contributed by atoms with Gasteiger partial charge in [-0.3, -0.25) is 0 Å². The Labute approximate surface area is 87.6 Å². The molecule has 0 unspecified atom stereocenters. The molecule has 0 fully saturated rings. The zero-order chi connectivity index (χ0) is 11.1. The summed E-state index contributed by atoms with van der Waals surface area (Å²) in [5, 5.41) is 2.85. The Hall–Kier alpha value is -1.84. The van der Waals surface area contributed by atoms with Crippen molar-refractivity contribution in [2.24, 2.45) is 0 Å². The van der Waals surface area contributed by atoms with Gasteiger partial charge in [-0.15, -0.1) is 0 Å². The highest BCUT2D eigenvalue weighted by Gasteiger charge is 1.93. The van der Waals surface area contributed by atoms with Gasteiger partial charge in [0.05, 0.1) is 7.11 Å². The van der Waals surface area contributed by atoms with Crippen LogP contribution in [0.2, 0.25) is 0 Å². The molecular formula is C11H12FNO2. The van der Waals surface area contributed by atoms with E-state index in [1.54, 1.807) is 12.1 Å². The number of hydrogen-bond donors (Lipinski definition) is 1. The van der Waals surface area contributed by atoms with Gasteiger partial charge in [0, 0.05) is 18.8 Å². The van der Waals surface area contributed by atoms with Crippen LogP contribution in [0.5, 0.6) is 0 Å². The minimum absolute atomic E-state index is 0.272. The van der Waals surface area contributed by atoms with Crippen molar-refractivity contribution in [2.45, 2.75) is 6.54 Å². The minimum Gasteiger partial charge on any atom is -0.466 e. The first-order valence-electron chi connectivity index (χ1n) is 4.44. The lowest BCUT2D eigenvalue weighted by Crippen LogP contribution is -2.06. The Kier molecular flexibility index (Phi) is 4.34. The number of halogens is 1. The Morgan fingerprint density at radius 2 is 2.40 bits per heavy atom. The van der Waals surface area contributed by atoms with Gasteiger partial charge < -0.3 is 10.1 Å². The molecule has 1 rings (SSSR count). The van der Waals surface area contributed by atoms with Crippen LogP contribution in [-0.2, 0) is 16.1 Å². The third-order valence-electron chi connectivity index (χ3n) is 1.73. The van der Waals surface area contributed by atoms with Crippen molar-refractivity contribution < 1.29 is 13.9 Å². The van der Waals surface area contributed by atoms with Crippen molar-refractivity contribution in [2.75, 3.05) is 7.11 Å². The fourth-order valence-electron chi connectivity index (χ4n) is 1.02. The van der Waals surface area contributed by atoms with Gasteiger partial charge in [-0.2, -0.15) is 0 Å². The van der Waals surface area contributed by atoms with Gasteiger partial charge in [0.2, 0.25) is 0 Å². The lowest BCUT2D eigenvalue weighted by Gasteiger charge is -2.00. The predicted octanol–water partition coefficient (Wildman–Crippen LogP) is 1.60. The molecule has 15 heavy (non-hydrogen) atoms. The molecule has 0 amide bonds. The quantitative estimate of drug-likeness (QED) is 0.604. The maximum absolute atomic E-state index is 12.7. The second kappa shape index (κ2) is 5.80. The molecule has 0 aliphatic carbocycles. The van der Waals surface area contributed by atoms with Crippen LogP contribution in [-0.4, -0.2) is 13.1 Å². The summed E-state index contributed by atoms with van der Waals surface area (Å²) in [7, 11) is 1.30. The molecule has 1 aromatic carbocycles. The van der Waals surface area contributed by atoms with Gasteiger partial charge in [-0.25, -0.2) is 9.18 Å². The lowest BCUT2D eigenvalue weighted by atomic mass is 10.2. The van der Waals surface area contributed by atoms with Gasteiger partial charge in [0.1, 0.15) is 5.82 Å². The van der Waals surface area contributed by atoms with Crippen LogP contribution in [0, 0.1) is 5.82 Å². The summed E-state index contributed by atoms with van der Waals surface area (Å²) in [6.45, 7) is 0.464. The van der Waals surface area contributed by atoms with Crippen LogP contribution in [0.1, 0.15) is 5.56 Å². The van der Waals surface area contributed by atoms with E-state index in [-0.39, 0.29) is 5.82 Å². The third-order valence-corrected chi connectivity index (χ3v) is 1.73. The van der Waals surface area contributed by atoms with E-state index < -0.39 is 5.97 Å². The largest absolute Gasteiger partial charge is 0.466 e. The monoisotopic (exact) mass is 209 g/mol. The topological polar surface area (TPSA) is 38.3 Å². The van der Waals surface area contributed by atoms with Crippen molar-refractivity contribution in [3.63, 3.8) is 0 Å². The summed E-state index contributed by atoms with van der Waals surface area (Å²) >= 11 is 0. The molecule has 4 heteroatoms. The average molecular weight is 209 g/mol. The fourth-order valence-corrected chi connectivity index (χ4v) is 1.02. The van der Waals surface area contributed by atoms with E-state index in [0.717, 1.165) is 5.56 Å². The van der Waals surface area contributed by atoms with E-state index in [0.29, 0.717) is 6.54 Å². The van der Waals surface area contributed by atoms with Crippen LogP contribution in [0.25, 0.3) is 0 Å². The summed E-state index contributed by atoms with van der Waals surface area (Å²) in [4.78, 5) is 10.7. The lowest BCUT2D eigenvalue weighted by molar-refractivity contribution is -0.134. The number of hydrogen-bond acceptors (Lipinski definition) is 3. The highest BCUT2D eigenvalue weighted by molar-refractivity contribution is 5.81. The second-order valence-corrected chi connectivity index (χ2v) is 2.87. The normalized spacial score (nSPS) is 10.3. The molecule has 0 saturated carbocycles. The van der Waals surface area contributed by atoms with Crippen molar-refractivity contribution in [3.05, 3.63) is 47.9 Å². The molecule has 0 spiro atoms. The standard InChI is InChI=1S/C11H12FNO2/c1-15-11(14)5-6-13-8-9-3-2-4-10(12)7-9/h2-7,13H,8H2,1H3/b6-5+. The molecule has 0 saturated heterocycles. The van der Waals surface area contributed by atoms with E-state index >= 15 is 0 Å². The van der Waals surface area contributed by atoms with Gasteiger partial charge in [-0.05, 0) is 17.7 Å². The van der Waals surface area contributed by atoms with E-state index in [4.69, 9.17) is 0 Å². The summed E-state index contributed by atoms with van der Waals surface area (Å²) < 4.78 is 17.1. The molecule has 0 bridgehead atoms.